The van der Waals surface area contributed by atoms with Crippen molar-refractivity contribution in [1.82, 2.24) is 10.2 Å². The highest BCUT2D eigenvalue weighted by molar-refractivity contribution is 4.73. The number of piperidine rings is 1. The summed E-state index contributed by atoms with van der Waals surface area (Å²) >= 11 is 0. The van der Waals surface area contributed by atoms with Crippen LogP contribution in [0.2, 0.25) is 0 Å². The molecule has 14 heavy (non-hydrogen) atoms. The van der Waals surface area contributed by atoms with Crippen LogP contribution in [0.5, 0.6) is 0 Å². The second-order valence-corrected chi connectivity index (χ2v) is 4.21. The third-order valence-corrected chi connectivity index (χ3v) is 2.92. The number of nitrogens with one attached hydrogen (secondary N) is 1. The number of nitrogens with zero attached hydrogens (tertiary/aromatic N) is 1. The summed E-state index contributed by atoms with van der Waals surface area (Å²) in [4.78, 5) is 2.57. The zero-order valence-corrected chi connectivity index (χ0v) is 9.59. The summed E-state index contributed by atoms with van der Waals surface area (Å²) in [6.45, 7) is 5.82. The average Bonchev–Trinajstić information content (AvgIpc) is 2.19. The van der Waals surface area contributed by atoms with Gasteiger partial charge in [-0.3, -0.25) is 0 Å². The second-order valence-electron chi connectivity index (χ2n) is 4.21. The molecule has 1 N–H and O–H groups in total. The van der Waals surface area contributed by atoms with Gasteiger partial charge in [0, 0.05) is 26.8 Å². The Morgan fingerprint density at radius 3 is 3.07 bits per heavy atom. The van der Waals surface area contributed by atoms with Crippen molar-refractivity contribution in [3.8, 4) is 0 Å². The molecular weight excluding hydrogens is 176 g/mol. The Kier molecular flexibility index (Phi) is 6.15. The molecule has 0 saturated carbocycles. The number of hydrogen-bond donors (Lipinski definition) is 1. The van der Waals surface area contributed by atoms with E-state index in [4.69, 9.17) is 4.74 Å². The van der Waals surface area contributed by atoms with Crippen molar-refractivity contribution in [3.63, 3.8) is 0 Å². The van der Waals surface area contributed by atoms with Crippen molar-refractivity contribution in [3.05, 3.63) is 0 Å². The van der Waals surface area contributed by atoms with Gasteiger partial charge in [0.15, 0.2) is 0 Å². The van der Waals surface area contributed by atoms with Gasteiger partial charge in [0.2, 0.25) is 0 Å². The maximum atomic E-state index is 5.07. The van der Waals surface area contributed by atoms with Gasteiger partial charge in [0.05, 0.1) is 0 Å². The van der Waals surface area contributed by atoms with Crippen molar-refractivity contribution in [2.24, 2.45) is 5.92 Å². The molecule has 3 nitrogen and oxygen atoms in total. The molecule has 0 aromatic carbocycles. The third kappa shape index (κ3) is 4.40. The average molecular weight is 200 g/mol. The topological polar surface area (TPSA) is 24.5 Å². The largest absolute Gasteiger partial charge is 0.385 e. The molecule has 1 saturated heterocycles. The van der Waals surface area contributed by atoms with Crippen molar-refractivity contribution in [2.45, 2.75) is 19.3 Å². The quantitative estimate of drug-likeness (QED) is 0.646. The molecule has 0 radical (unpaired) electrons. The number of methoxy groups -OCH3 is 1. The predicted molar refractivity (Wildman–Crippen MR) is 59.6 cm³/mol. The maximum absolute atomic E-state index is 5.07. The van der Waals surface area contributed by atoms with Gasteiger partial charge in [-0.05, 0) is 45.3 Å². The van der Waals surface area contributed by atoms with E-state index in [9.17, 15) is 0 Å². The normalized spacial score (nSPS) is 24.0. The Morgan fingerprint density at radius 2 is 2.36 bits per heavy atom. The van der Waals surface area contributed by atoms with Gasteiger partial charge in [0.25, 0.3) is 0 Å². The Balaban J connectivity index is 2.12. The first kappa shape index (κ1) is 12.0. The molecule has 1 unspecified atom stereocenters. The summed E-state index contributed by atoms with van der Waals surface area (Å²) in [5.41, 5.74) is 0. The first-order chi connectivity index (χ1) is 6.86. The smallest absolute Gasteiger partial charge is 0.0474 e. The van der Waals surface area contributed by atoms with Crippen LogP contribution in [0.3, 0.4) is 0 Å². The highest BCUT2D eigenvalue weighted by Crippen LogP contribution is 2.15. The summed E-state index contributed by atoms with van der Waals surface area (Å²) in [6, 6.07) is 0. The zero-order valence-electron chi connectivity index (χ0n) is 9.59. The molecule has 3 heteroatoms. The fraction of sp³-hybridized carbons (Fsp3) is 1.00. The van der Waals surface area contributed by atoms with Crippen LogP contribution in [0.25, 0.3) is 0 Å². The molecule has 0 aromatic rings. The molecular formula is C11H24N2O. The number of likely N-dealkylation sites (tertiary alicyclic amines) is 1. The van der Waals surface area contributed by atoms with Gasteiger partial charge in [-0.15, -0.1) is 0 Å². The second kappa shape index (κ2) is 7.21. The Labute approximate surface area is 87.8 Å². The molecule has 0 spiro atoms. The summed E-state index contributed by atoms with van der Waals surface area (Å²) in [7, 11) is 3.82. The number of rotatable bonds is 6. The van der Waals surface area contributed by atoms with Crippen LogP contribution < -0.4 is 5.32 Å². The monoisotopic (exact) mass is 200 g/mol. The molecule has 1 aliphatic heterocycles. The first-order valence-electron chi connectivity index (χ1n) is 5.72. The van der Waals surface area contributed by atoms with E-state index in [-0.39, 0.29) is 0 Å². The molecule has 84 valence electrons. The van der Waals surface area contributed by atoms with Crippen LogP contribution in [0, 0.1) is 5.92 Å². The van der Waals surface area contributed by atoms with Crippen LogP contribution in [0.1, 0.15) is 19.3 Å². The van der Waals surface area contributed by atoms with Crippen molar-refractivity contribution in [1.29, 1.82) is 0 Å². The van der Waals surface area contributed by atoms with Gasteiger partial charge < -0.3 is 15.0 Å². The molecule has 1 aliphatic rings. The van der Waals surface area contributed by atoms with E-state index < -0.39 is 0 Å². The fourth-order valence-corrected chi connectivity index (χ4v) is 2.24. The highest BCUT2D eigenvalue weighted by Gasteiger charge is 2.18. The Morgan fingerprint density at radius 1 is 1.50 bits per heavy atom. The lowest BCUT2D eigenvalue weighted by Crippen LogP contribution is -2.39. The molecule has 1 heterocycles. The van der Waals surface area contributed by atoms with E-state index >= 15 is 0 Å². The van der Waals surface area contributed by atoms with Crippen LogP contribution in [-0.4, -0.2) is 51.8 Å². The fourth-order valence-electron chi connectivity index (χ4n) is 2.24. The van der Waals surface area contributed by atoms with Gasteiger partial charge in [-0.25, -0.2) is 0 Å². The highest BCUT2D eigenvalue weighted by atomic mass is 16.5. The maximum Gasteiger partial charge on any atom is 0.0474 e. The van der Waals surface area contributed by atoms with Crippen molar-refractivity contribution in [2.75, 3.05) is 46.9 Å². The Hall–Kier alpha value is -0.120. The van der Waals surface area contributed by atoms with E-state index in [1.54, 1.807) is 7.11 Å². The zero-order chi connectivity index (χ0) is 10.2. The molecule has 1 rings (SSSR count). The SMILES string of the molecule is CNCC1CCCN(CCCOC)C1. The summed E-state index contributed by atoms with van der Waals surface area (Å²) in [6.07, 6.45) is 3.92. The minimum absolute atomic E-state index is 0.858. The minimum Gasteiger partial charge on any atom is -0.385 e. The third-order valence-electron chi connectivity index (χ3n) is 2.92. The summed E-state index contributed by atoms with van der Waals surface area (Å²) in [5, 5.41) is 3.27. The van der Waals surface area contributed by atoms with Crippen molar-refractivity contribution < 1.29 is 4.74 Å². The van der Waals surface area contributed by atoms with Crippen LogP contribution >= 0.6 is 0 Å². The van der Waals surface area contributed by atoms with Gasteiger partial charge in [-0.2, -0.15) is 0 Å². The van der Waals surface area contributed by atoms with Crippen LogP contribution in [0.4, 0.5) is 0 Å². The first-order valence-corrected chi connectivity index (χ1v) is 5.72. The predicted octanol–water partition coefficient (Wildman–Crippen LogP) is 0.954. The van der Waals surface area contributed by atoms with E-state index in [0.717, 1.165) is 12.5 Å². The molecule has 0 aliphatic carbocycles. The summed E-state index contributed by atoms with van der Waals surface area (Å²) < 4.78 is 5.07. The molecule has 1 atom stereocenters. The lowest BCUT2D eigenvalue weighted by molar-refractivity contribution is 0.141. The Bertz CT molecular complexity index is 139. The molecule has 0 amide bonds. The van der Waals surface area contributed by atoms with Gasteiger partial charge in [-0.1, -0.05) is 0 Å². The van der Waals surface area contributed by atoms with E-state index in [1.165, 1.54) is 45.4 Å². The van der Waals surface area contributed by atoms with Gasteiger partial charge in [0.1, 0.15) is 0 Å². The lowest BCUT2D eigenvalue weighted by atomic mass is 9.98. The summed E-state index contributed by atoms with van der Waals surface area (Å²) in [5.74, 6) is 0.858. The van der Waals surface area contributed by atoms with Gasteiger partial charge >= 0.3 is 0 Å². The standard InChI is InChI=1S/C11H24N2O/c1-12-9-11-5-3-6-13(10-11)7-4-8-14-2/h11-12H,3-10H2,1-2H3. The van der Waals surface area contributed by atoms with E-state index in [2.05, 4.69) is 10.2 Å². The van der Waals surface area contributed by atoms with Crippen LogP contribution in [0.15, 0.2) is 0 Å². The number of ether oxygens (including phenoxy) is 1. The van der Waals surface area contributed by atoms with Crippen molar-refractivity contribution >= 4 is 0 Å². The van der Waals surface area contributed by atoms with E-state index in [0.29, 0.717) is 0 Å². The number of hydrogen-bond acceptors (Lipinski definition) is 3. The molecule has 1 fully saturated rings. The molecule has 0 aromatic heterocycles. The van der Waals surface area contributed by atoms with Crippen LogP contribution in [-0.2, 0) is 4.74 Å². The molecule has 0 bridgehead atoms. The van der Waals surface area contributed by atoms with E-state index in [1.807, 2.05) is 7.05 Å². The lowest BCUT2D eigenvalue weighted by Gasteiger charge is -2.32. The minimum atomic E-state index is 0.858.